The maximum atomic E-state index is 13.1. The number of amides is 1. The molecule has 0 aromatic heterocycles. The van der Waals surface area contributed by atoms with Crippen molar-refractivity contribution in [3.05, 3.63) is 0 Å². The smallest absolute Gasteiger partial charge is 0.320 e. The van der Waals surface area contributed by atoms with E-state index in [0.717, 1.165) is 0 Å². The van der Waals surface area contributed by atoms with Crippen molar-refractivity contribution in [1.29, 1.82) is 0 Å². The third kappa shape index (κ3) is 32.3. The zero-order chi connectivity index (χ0) is 43.5. The van der Waals surface area contributed by atoms with Crippen molar-refractivity contribution >= 4 is 23.8 Å². The van der Waals surface area contributed by atoms with Gasteiger partial charge in [-0.05, 0) is 62.3 Å². The summed E-state index contributed by atoms with van der Waals surface area (Å²) in [7, 11) is 0. The number of hydrogen-bond acceptors (Lipinski definition) is 17. The van der Waals surface area contributed by atoms with E-state index in [4.69, 9.17) is 43.0 Å². The van der Waals surface area contributed by atoms with Gasteiger partial charge in [0.1, 0.15) is 16.8 Å². The molecule has 1 aliphatic rings. The highest BCUT2D eigenvalue weighted by atomic mass is 16.6. The van der Waals surface area contributed by atoms with Crippen LogP contribution in [0, 0.1) is 0 Å². The van der Waals surface area contributed by atoms with Gasteiger partial charge in [0.15, 0.2) is 0 Å². The molecule has 0 spiro atoms. The third-order valence-electron chi connectivity index (χ3n) is 7.91. The Labute approximate surface area is 347 Å². The first-order valence-corrected chi connectivity index (χ1v) is 20.6. The second kappa shape index (κ2) is 29.7. The minimum atomic E-state index is -0.644. The van der Waals surface area contributed by atoms with Gasteiger partial charge in [-0.1, -0.05) is 0 Å². The molecule has 18 nitrogen and oxygen atoms in total. The molecular weight excluding hydrogens is 758 g/mol. The Balaban J connectivity index is 2.76. The summed E-state index contributed by atoms with van der Waals surface area (Å²) in [6, 6.07) is 0. The molecule has 1 amide bonds. The molecule has 1 aliphatic heterocycles. The van der Waals surface area contributed by atoms with Gasteiger partial charge in [-0.2, -0.15) is 0 Å². The van der Waals surface area contributed by atoms with Crippen molar-refractivity contribution in [2.45, 2.75) is 79.1 Å². The van der Waals surface area contributed by atoms with Gasteiger partial charge in [0.2, 0.25) is 5.91 Å². The highest BCUT2D eigenvalue weighted by molar-refractivity contribution is 5.78. The number of esters is 3. The molecular formula is C40H77N5O13. The van der Waals surface area contributed by atoms with Gasteiger partial charge in [0.25, 0.3) is 0 Å². The van der Waals surface area contributed by atoms with Crippen LogP contribution in [-0.2, 0) is 57.1 Å². The Morgan fingerprint density at radius 2 is 0.690 bits per heavy atom. The predicted octanol–water partition coefficient (Wildman–Crippen LogP) is 0.425. The number of nitrogens with zero attached hydrogens (tertiary/aromatic N) is 4. The number of rotatable bonds is 25. The molecule has 1 saturated heterocycles. The number of nitrogens with one attached hydrogen (secondary N) is 1. The first-order chi connectivity index (χ1) is 27.2. The summed E-state index contributed by atoms with van der Waals surface area (Å²) in [5.74, 6) is -1.24. The van der Waals surface area contributed by atoms with E-state index in [2.05, 4.69) is 5.32 Å². The number of hydrogen-bond donors (Lipinski definition) is 2. The first-order valence-electron chi connectivity index (χ1n) is 20.6. The van der Waals surface area contributed by atoms with Gasteiger partial charge in [0, 0.05) is 58.9 Å². The summed E-state index contributed by atoms with van der Waals surface area (Å²) in [5, 5.41) is 11.6. The fraction of sp³-hybridized carbons (Fsp3) is 0.900. The van der Waals surface area contributed by atoms with Crippen LogP contribution in [0.15, 0.2) is 0 Å². The molecule has 18 heteroatoms. The number of aliphatic hydroxyl groups excluding tert-OH is 1. The van der Waals surface area contributed by atoms with E-state index in [1.54, 1.807) is 0 Å². The van der Waals surface area contributed by atoms with E-state index in [-0.39, 0.29) is 56.6 Å². The molecule has 0 aromatic rings. The summed E-state index contributed by atoms with van der Waals surface area (Å²) < 4.78 is 43.9. The van der Waals surface area contributed by atoms with Crippen LogP contribution in [0.5, 0.6) is 0 Å². The lowest BCUT2D eigenvalue weighted by molar-refractivity contribution is -0.158. The quantitative estimate of drug-likeness (QED) is 0.0732. The molecule has 340 valence electrons. The molecule has 0 aromatic carbocycles. The Morgan fingerprint density at radius 1 is 0.431 bits per heavy atom. The SMILES string of the molecule is CC(C)(C)OC(=O)CN1CCN(CC(=O)NCCOCCOCCOCCOCCOCCO)CCN(CC(=O)OC(C)(C)C)CCN(CC(=O)OC(C)(C)C)CC1. The maximum absolute atomic E-state index is 13.1. The molecule has 1 rings (SSSR count). The fourth-order valence-corrected chi connectivity index (χ4v) is 5.45. The lowest BCUT2D eigenvalue weighted by Crippen LogP contribution is -2.50. The second-order valence-electron chi connectivity index (χ2n) is 17.0. The Kier molecular flexibility index (Phi) is 27.4. The van der Waals surface area contributed by atoms with Crippen LogP contribution >= 0.6 is 0 Å². The molecule has 0 bridgehead atoms. The van der Waals surface area contributed by atoms with Crippen molar-refractivity contribution in [3.63, 3.8) is 0 Å². The molecule has 2 N–H and O–H groups in total. The Hall–Kier alpha value is -2.52. The van der Waals surface area contributed by atoms with Crippen LogP contribution < -0.4 is 5.32 Å². The van der Waals surface area contributed by atoms with Crippen molar-refractivity contribution in [2.75, 3.05) is 158 Å². The highest BCUT2D eigenvalue weighted by Gasteiger charge is 2.26. The number of carbonyl (C=O) groups excluding carboxylic acids is 4. The lowest BCUT2D eigenvalue weighted by Gasteiger charge is -2.34. The second-order valence-corrected chi connectivity index (χ2v) is 17.0. The molecule has 1 fully saturated rings. The Bertz CT molecular complexity index is 1100. The molecule has 0 unspecified atom stereocenters. The minimum absolute atomic E-state index is 0.00484. The van der Waals surface area contributed by atoms with Gasteiger partial charge in [-0.15, -0.1) is 0 Å². The molecule has 1 heterocycles. The van der Waals surface area contributed by atoms with Crippen LogP contribution in [0.3, 0.4) is 0 Å². The molecule has 58 heavy (non-hydrogen) atoms. The highest BCUT2D eigenvalue weighted by Crippen LogP contribution is 2.11. The zero-order valence-corrected chi connectivity index (χ0v) is 37.1. The standard InChI is InChI=1S/C40H77N5O13/c1-38(2,3)56-35(48)31-43-13-11-42(30-34(47)41-10-20-51-22-24-53-26-28-55-29-27-54-25-23-52-21-19-46)12-14-44(32-36(49)57-39(4,5)6)16-18-45(17-15-43)33-37(50)58-40(7,8)9/h46H,10-33H2,1-9H3,(H,41,47). The van der Waals surface area contributed by atoms with E-state index in [0.29, 0.717) is 125 Å². The molecule has 0 atom stereocenters. The van der Waals surface area contributed by atoms with E-state index in [1.807, 2.05) is 81.9 Å². The summed E-state index contributed by atoms with van der Waals surface area (Å²) in [6.07, 6.45) is 0. The number of ether oxygens (including phenoxy) is 8. The van der Waals surface area contributed by atoms with E-state index in [1.165, 1.54) is 0 Å². The average molecular weight is 836 g/mol. The Morgan fingerprint density at radius 3 is 0.966 bits per heavy atom. The summed E-state index contributed by atoms with van der Waals surface area (Å²) in [5.41, 5.74) is -1.93. The van der Waals surface area contributed by atoms with Crippen LogP contribution in [-0.4, -0.2) is 223 Å². The third-order valence-corrected chi connectivity index (χ3v) is 7.91. The molecule has 0 saturated carbocycles. The van der Waals surface area contributed by atoms with Crippen LogP contribution in [0.25, 0.3) is 0 Å². The average Bonchev–Trinajstić information content (AvgIpc) is 3.08. The molecule has 0 aliphatic carbocycles. The van der Waals surface area contributed by atoms with Gasteiger partial charge in [0.05, 0.1) is 98.9 Å². The first kappa shape index (κ1) is 53.5. The molecule has 0 radical (unpaired) electrons. The largest absolute Gasteiger partial charge is 0.459 e. The van der Waals surface area contributed by atoms with Gasteiger partial charge < -0.3 is 48.3 Å². The van der Waals surface area contributed by atoms with Crippen molar-refractivity contribution in [2.24, 2.45) is 0 Å². The zero-order valence-electron chi connectivity index (χ0n) is 37.1. The van der Waals surface area contributed by atoms with E-state index in [9.17, 15) is 19.2 Å². The van der Waals surface area contributed by atoms with Gasteiger partial charge >= 0.3 is 17.9 Å². The van der Waals surface area contributed by atoms with Crippen LogP contribution in [0.4, 0.5) is 0 Å². The predicted molar refractivity (Wildman–Crippen MR) is 217 cm³/mol. The summed E-state index contributed by atoms with van der Waals surface area (Å²) in [4.78, 5) is 59.9. The van der Waals surface area contributed by atoms with Gasteiger partial charge in [-0.25, -0.2) is 0 Å². The van der Waals surface area contributed by atoms with Crippen molar-refractivity contribution in [1.82, 2.24) is 24.9 Å². The van der Waals surface area contributed by atoms with E-state index < -0.39 is 16.8 Å². The monoisotopic (exact) mass is 836 g/mol. The van der Waals surface area contributed by atoms with E-state index >= 15 is 0 Å². The maximum Gasteiger partial charge on any atom is 0.320 e. The van der Waals surface area contributed by atoms with Crippen LogP contribution in [0.2, 0.25) is 0 Å². The van der Waals surface area contributed by atoms with Crippen LogP contribution in [0.1, 0.15) is 62.3 Å². The summed E-state index contributed by atoms with van der Waals surface area (Å²) >= 11 is 0. The number of carbonyl (C=O) groups is 4. The topological polar surface area (TPSA) is 187 Å². The fourth-order valence-electron chi connectivity index (χ4n) is 5.45. The summed E-state index contributed by atoms with van der Waals surface area (Å²) in [6.45, 7) is 24.7. The van der Waals surface area contributed by atoms with Crippen molar-refractivity contribution in [3.8, 4) is 0 Å². The normalized spacial score (nSPS) is 16.3. The minimum Gasteiger partial charge on any atom is -0.459 e. The van der Waals surface area contributed by atoms with Gasteiger partial charge in [-0.3, -0.25) is 38.8 Å². The lowest BCUT2D eigenvalue weighted by atomic mass is 10.2. The van der Waals surface area contributed by atoms with Crippen molar-refractivity contribution < 1.29 is 62.2 Å². The number of aliphatic hydroxyl groups is 1.